The molecule has 1 aliphatic rings. The molecule has 22 heavy (non-hydrogen) atoms. The first-order valence-electron chi connectivity index (χ1n) is 7.03. The summed E-state index contributed by atoms with van der Waals surface area (Å²) in [5.74, 6) is -1.83. The van der Waals surface area contributed by atoms with Crippen LogP contribution in [0.5, 0.6) is 0 Å². The largest absolute Gasteiger partial charge is 0.300 e. The van der Waals surface area contributed by atoms with E-state index in [4.69, 9.17) is 11.6 Å². The summed E-state index contributed by atoms with van der Waals surface area (Å²) >= 11 is 5.95. The van der Waals surface area contributed by atoms with Gasteiger partial charge in [0.1, 0.15) is 5.78 Å². The van der Waals surface area contributed by atoms with E-state index >= 15 is 0 Å². The number of carbonyl (C=O) groups is 4. The zero-order valence-electron chi connectivity index (χ0n) is 12.4. The molecule has 0 saturated carbocycles. The van der Waals surface area contributed by atoms with Gasteiger partial charge in [-0.05, 0) is 25.5 Å². The van der Waals surface area contributed by atoms with Crippen LogP contribution in [0.3, 0.4) is 0 Å². The lowest BCUT2D eigenvalue weighted by atomic mass is 9.95. The number of ketones is 2. The summed E-state index contributed by atoms with van der Waals surface area (Å²) in [6.45, 7) is 2.93. The topological polar surface area (TPSA) is 71.5 Å². The number of hydrogen-bond donors (Lipinski definition) is 0. The van der Waals surface area contributed by atoms with E-state index in [-0.39, 0.29) is 46.6 Å². The summed E-state index contributed by atoms with van der Waals surface area (Å²) in [6, 6.07) is 4.62. The van der Waals surface area contributed by atoms with Gasteiger partial charge in [0.15, 0.2) is 5.78 Å². The molecule has 0 fully saturated rings. The van der Waals surface area contributed by atoms with Crippen LogP contribution in [0.4, 0.5) is 0 Å². The molecule has 1 atom stereocenters. The molecule has 0 bridgehead atoms. The van der Waals surface area contributed by atoms with Gasteiger partial charge in [0.05, 0.1) is 22.7 Å². The van der Waals surface area contributed by atoms with Crippen LogP contribution in [0.2, 0.25) is 5.02 Å². The standard InChI is InChI=1S/C16H16ClNO4/c1-3-10(9(2)19)7-11(20)8-18-15(21)12-5-4-6-13(17)14(12)16(18)22/h4-6,10H,3,7-8H2,1-2H3. The molecule has 0 N–H and O–H groups in total. The van der Waals surface area contributed by atoms with Crippen molar-refractivity contribution >= 4 is 35.0 Å². The van der Waals surface area contributed by atoms with Crippen molar-refractivity contribution in [3.05, 3.63) is 34.3 Å². The Morgan fingerprint density at radius 2 is 1.91 bits per heavy atom. The van der Waals surface area contributed by atoms with E-state index < -0.39 is 11.8 Å². The molecule has 1 aromatic rings. The molecular formula is C16H16ClNO4. The van der Waals surface area contributed by atoms with Gasteiger partial charge < -0.3 is 0 Å². The smallest absolute Gasteiger partial charge is 0.263 e. The van der Waals surface area contributed by atoms with Crippen LogP contribution < -0.4 is 0 Å². The molecule has 1 heterocycles. The number of benzene rings is 1. The maximum Gasteiger partial charge on any atom is 0.263 e. The van der Waals surface area contributed by atoms with E-state index in [1.807, 2.05) is 6.92 Å². The fourth-order valence-corrected chi connectivity index (χ4v) is 2.78. The van der Waals surface area contributed by atoms with Crippen molar-refractivity contribution in [3.63, 3.8) is 0 Å². The van der Waals surface area contributed by atoms with Crippen LogP contribution in [0, 0.1) is 5.92 Å². The average molecular weight is 322 g/mol. The maximum absolute atomic E-state index is 12.3. The monoisotopic (exact) mass is 321 g/mol. The SMILES string of the molecule is CCC(CC(=O)CN1C(=O)c2cccc(Cl)c2C1=O)C(C)=O. The van der Waals surface area contributed by atoms with E-state index in [2.05, 4.69) is 0 Å². The fraction of sp³-hybridized carbons (Fsp3) is 0.375. The Bertz CT molecular complexity index is 668. The van der Waals surface area contributed by atoms with Crippen molar-refractivity contribution in [2.45, 2.75) is 26.7 Å². The van der Waals surface area contributed by atoms with Gasteiger partial charge >= 0.3 is 0 Å². The normalized spacial score (nSPS) is 15.0. The maximum atomic E-state index is 12.3. The Labute approximate surface area is 133 Å². The number of Topliss-reactive ketones (excluding diaryl/α,β-unsaturated/α-hetero) is 2. The quantitative estimate of drug-likeness (QED) is 0.755. The molecule has 116 valence electrons. The van der Waals surface area contributed by atoms with Gasteiger partial charge in [-0.25, -0.2) is 0 Å². The van der Waals surface area contributed by atoms with Crippen LogP contribution in [-0.4, -0.2) is 34.8 Å². The number of hydrogen-bond acceptors (Lipinski definition) is 4. The Hall–Kier alpha value is -2.01. The third-order valence-corrected chi connectivity index (χ3v) is 4.14. The van der Waals surface area contributed by atoms with Gasteiger partial charge in [0.2, 0.25) is 0 Å². The Morgan fingerprint density at radius 1 is 1.23 bits per heavy atom. The highest BCUT2D eigenvalue weighted by atomic mass is 35.5. The van der Waals surface area contributed by atoms with E-state index in [0.717, 1.165) is 4.90 Å². The highest BCUT2D eigenvalue weighted by molar-refractivity contribution is 6.37. The summed E-state index contributed by atoms with van der Waals surface area (Å²) in [5.41, 5.74) is 0.351. The Kier molecular flexibility index (Phi) is 4.76. The molecule has 0 spiro atoms. The van der Waals surface area contributed by atoms with Crippen LogP contribution in [-0.2, 0) is 9.59 Å². The first kappa shape index (κ1) is 16.4. The number of rotatable bonds is 6. The summed E-state index contributed by atoms with van der Waals surface area (Å²) in [5, 5.41) is 0.195. The van der Waals surface area contributed by atoms with E-state index in [9.17, 15) is 19.2 Å². The number of carbonyl (C=O) groups excluding carboxylic acids is 4. The molecule has 0 radical (unpaired) electrons. The molecule has 6 heteroatoms. The highest BCUT2D eigenvalue weighted by Crippen LogP contribution is 2.29. The van der Waals surface area contributed by atoms with Crippen molar-refractivity contribution < 1.29 is 19.2 Å². The van der Waals surface area contributed by atoms with Crippen LogP contribution in [0.15, 0.2) is 18.2 Å². The van der Waals surface area contributed by atoms with Crippen LogP contribution in [0.1, 0.15) is 47.4 Å². The molecule has 0 saturated heterocycles. The molecule has 1 aromatic carbocycles. The molecule has 5 nitrogen and oxygen atoms in total. The van der Waals surface area contributed by atoms with Gasteiger partial charge in [-0.3, -0.25) is 24.1 Å². The van der Waals surface area contributed by atoms with Gasteiger partial charge in [0.25, 0.3) is 11.8 Å². The Balaban J connectivity index is 2.14. The molecule has 0 aliphatic carbocycles. The lowest BCUT2D eigenvalue weighted by Gasteiger charge is -2.15. The summed E-state index contributed by atoms with van der Waals surface area (Å²) < 4.78 is 0. The second-order valence-corrected chi connectivity index (χ2v) is 5.72. The minimum Gasteiger partial charge on any atom is -0.300 e. The fourth-order valence-electron chi connectivity index (χ4n) is 2.53. The van der Waals surface area contributed by atoms with Crippen molar-refractivity contribution in [2.24, 2.45) is 5.92 Å². The molecule has 0 aromatic heterocycles. The van der Waals surface area contributed by atoms with E-state index in [0.29, 0.717) is 6.42 Å². The number of amides is 2. The average Bonchev–Trinajstić information content (AvgIpc) is 2.70. The molecule has 1 unspecified atom stereocenters. The lowest BCUT2D eigenvalue weighted by Crippen LogP contribution is -2.35. The number of halogens is 1. The predicted molar refractivity (Wildman–Crippen MR) is 80.9 cm³/mol. The van der Waals surface area contributed by atoms with Crippen LogP contribution >= 0.6 is 11.6 Å². The second-order valence-electron chi connectivity index (χ2n) is 5.32. The first-order chi connectivity index (χ1) is 10.4. The van der Waals surface area contributed by atoms with Gasteiger partial charge in [-0.2, -0.15) is 0 Å². The van der Waals surface area contributed by atoms with Crippen molar-refractivity contribution in [1.82, 2.24) is 4.90 Å². The third-order valence-electron chi connectivity index (χ3n) is 3.82. The zero-order valence-corrected chi connectivity index (χ0v) is 13.1. The third kappa shape index (κ3) is 2.95. The minimum absolute atomic E-state index is 0.0347. The zero-order chi connectivity index (χ0) is 16.4. The molecule has 1 aliphatic heterocycles. The summed E-state index contributed by atoms with van der Waals surface area (Å²) in [6.07, 6.45) is 0.585. The van der Waals surface area contributed by atoms with E-state index in [1.54, 1.807) is 6.07 Å². The van der Waals surface area contributed by atoms with E-state index in [1.165, 1.54) is 19.1 Å². The van der Waals surface area contributed by atoms with Crippen molar-refractivity contribution in [2.75, 3.05) is 6.54 Å². The molecular weight excluding hydrogens is 306 g/mol. The van der Waals surface area contributed by atoms with Gasteiger partial charge in [-0.15, -0.1) is 0 Å². The van der Waals surface area contributed by atoms with Gasteiger partial charge in [-0.1, -0.05) is 24.6 Å². The number of imide groups is 1. The van der Waals surface area contributed by atoms with Gasteiger partial charge in [0, 0.05) is 12.3 Å². The molecule has 2 rings (SSSR count). The molecule has 2 amide bonds. The summed E-state index contributed by atoms with van der Waals surface area (Å²) in [7, 11) is 0. The number of fused-ring (bicyclic) bond motifs is 1. The lowest BCUT2D eigenvalue weighted by molar-refractivity contribution is -0.126. The number of nitrogens with zero attached hydrogens (tertiary/aromatic N) is 1. The Morgan fingerprint density at radius 3 is 2.45 bits per heavy atom. The van der Waals surface area contributed by atoms with Crippen molar-refractivity contribution in [1.29, 1.82) is 0 Å². The summed E-state index contributed by atoms with van der Waals surface area (Å²) in [4.78, 5) is 48.8. The van der Waals surface area contributed by atoms with Crippen LogP contribution in [0.25, 0.3) is 0 Å². The highest BCUT2D eigenvalue weighted by Gasteiger charge is 2.38. The minimum atomic E-state index is -0.560. The second kappa shape index (κ2) is 6.40. The predicted octanol–water partition coefficient (Wildman–Crippen LogP) is 2.51. The van der Waals surface area contributed by atoms with Crippen molar-refractivity contribution in [3.8, 4) is 0 Å². The first-order valence-corrected chi connectivity index (χ1v) is 7.41.